The second kappa shape index (κ2) is 6.00. The standard InChI is InChI=1S/C10H18N2O4S/c1-6(5-17(2)16)11-10(15)12-8(9(13)14)7-3-4-7/h6-8H,3-5H2,1-2H3,(H,13,14)(H2,11,12,15). The fraction of sp³-hybridized carbons (Fsp3) is 0.800. The van der Waals surface area contributed by atoms with Crippen molar-refractivity contribution in [2.75, 3.05) is 12.0 Å². The molecule has 17 heavy (non-hydrogen) atoms. The number of aliphatic carboxylic acids is 1. The van der Waals surface area contributed by atoms with E-state index in [2.05, 4.69) is 10.6 Å². The summed E-state index contributed by atoms with van der Waals surface area (Å²) in [7, 11) is -0.989. The third kappa shape index (κ3) is 5.16. The van der Waals surface area contributed by atoms with Gasteiger partial charge in [0.2, 0.25) is 0 Å². The predicted octanol–water partition coefficient (Wildman–Crippen LogP) is -0.0842. The topological polar surface area (TPSA) is 95.5 Å². The van der Waals surface area contributed by atoms with Gasteiger partial charge in [-0.05, 0) is 25.7 Å². The number of urea groups is 1. The number of carbonyl (C=O) groups excluding carboxylic acids is 1. The number of nitrogens with one attached hydrogen (secondary N) is 2. The minimum Gasteiger partial charge on any atom is -0.480 e. The molecule has 0 aromatic heterocycles. The van der Waals surface area contributed by atoms with E-state index in [1.54, 1.807) is 13.2 Å². The first-order valence-electron chi connectivity index (χ1n) is 5.50. The van der Waals surface area contributed by atoms with Gasteiger partial charge in [0.15, 0.2) is 0 Å². The van der Waals surface area contributed by atoms with Gasteiger partial charge >= 0.3 is 12.0 Å². The Morgan fingerprint density at radius 2 is 2.00 bits per heavy atom. The van der Waals surface area contributed by atoms with Crippen LogP contribution in [0, 0.1) is 5.92 Å². The molecule has 0 bridgehead atoms. The molecule has 0 aromatic carbocycles. The number of hydrogen-bond acceptors (Lipinski definition) is 3. The van der Waals surface area contributed by atoms with Crippen molar-refractivity contribution in [2.45, 2.75) is 31.8 Å². The highest BCUT2D eigenvalue weighted by Crippen LogP contribution is 2.32. The zero-order chi connectivity index (χ0) is 13.0. The van der Waals surface area contributed by atoms with Crippen LogP contribution >= 0.6 is 0 Å². The Bertz CT molecular complexity index is 330. The van der Waals surface area contributed by atoms with Crippen LogP contribution in [-0.2, 0) is 15.6 Å². The molecule has 1 aliphatic rings. The normalized spacial score (nSPS) is 20.1. The highest BCUT2D eigenvalue weighted by Gasteiger charge is 2.37. The largest absolute Gasteiger partial charge is 0.480 e. The maximum atomic E-state index is 11.5. The predicted molar refractivity (Wildman–Crippen MR) is 64.2 cm³/mol. The van der Waals surface area contributed by atoms with Crippen molar-refractivity contribution < 1.29 is 18.9 Å². The second-order valence-electron chi connectivity index (χ2n) is 4.41. The lowest BCUT2D eigenvalue weighted by Crippen LogP contribution is -2.50. The molecule has 6 nitrogen and oxygen atoms in total. The monoisotopic (exact) mass is 262 g/mol. The molecule has 0 spiro atoms. The molecule has 1 saturated carbocycles. The van der Waals surface area contributed by atoms with Gasteiger partial charge in [-0.2, -0.15) is 0 Å². The first-order chi connectivity index (χ1) is 7.90. The Morgan fingerprint density at radius 1 is 1.41 bits per heavy atom. The number of amides is 2. The van der Waals surface area contributed by atoms with E-state index < -0.39 is 28.8 Å². The molecule has 3 unspecified atom stereocenters. The molecule has 7 heteroatoms. The summed E-state index contributed by atoms with van der Waals surface area (Å²) in [6.45, 7) is 1.73. The van der Waals surface area contributed by atoms with E-state index in [-0.39, 0.29) is 12.0 Å². The number of carbonyl (C=O) groups is 2. The lowest BCUT2D eigenvalue weighted by atomic mass is 10.2. The number of carboxylic acid groups (broad SMARTS) is 1. The minimum absolute atomic E-state index is 0.0499. The van der Waals surface area contributed by atoms with Crippen molar-refractivity contribution in [1.82, 2.24) is 10.6 Å². The van der Waals surface area contributed by atoms with Crippen LogP contribution in [0.1, 0.15) is 19.8 Å². The fourth-order valence-electron chi connectivity index (χ4n) is 1.61. The van der Waals surface area contributed by atoms with Crippen LogP contribution < -0.4 is 10.6 Å². The third-order valence-corrected chi connectivity index (χ3v) is 3.48. The van der Waals surface area contributed by atoms with Gasteiger partial charge in [-0.3, -0.25) is 4.21 Å². The zero-order valence-corrected chi connectivity index (χ0v) is 10.8. The van der Waals surface area contributed by atoms with E-state index in [1.165, 1.54) is 0 Å². The molecule has 0 aliphatic heterocycles. The Labute approximate surface area is 103 Å². The van der Waals surface area contributed by atoms with Gasteiger partial charge < -0.3 is 15.7 Å². The highest BCUT2D eigenvalue weighted by atomic mass is 32.2. The van der Waals surface area contributed by atoms with Crippen molar-refractivity contribution in [3.8, 4) is 0 Å². The van der Waals surface area contributed by atoms with Gasteiger partial charge in [0.1, 0.15) is 6.04 Å². The summed E-state index contributed by atoms with van der Waals surface area (Å²) in [4.78, 5) is 22.4. The van der Waals surface area contributed by atoms with Crippen LogP contribution in [-0.4, -0.2) is 45.4 Å². The van der Waals surface area contributed by atoms with Crippen LogP contribution in [0.3, 0.4) is 0 Å². The molecular weight excluding hydrogens is 244 g/mol. The van der Waals surface area contributed by atoms with Gasteiger partial charge in [0.25, 0.3) is 0 Å². The van der Waals surface area contributed by atoms with E-state index in [4.69, 9.17) is 5.11 Å². The maximum Gasteiger partial charge on any atom is 0.326 e. The summed E-state index contributed by atoms with van der Waals surface area (Å²) >= 11 is 0. The molecule has 0 heterocycles. The van der Waals surface area contributed by atoms with E-state index in [0.717, 1.165) is 12.8 Å². The molecule has 0 radical (unpaired) electrons. The molecule has 98 valence electrons. The van der Waals surface area contributed by atoms with Crippen LogP contribution in [0.2, 0.25) is 0 Å². The summed E-state index contributed by atoms with van der Waals surface area (Å²) in [5.74, 6) is -0.600. The van der Waals surface area contributed by atoms with E-state index >= 15 is 0 Å². The lowest BCUT2D eigenvalue weighted by Gasteiger charge is -2.17. The second-order valence-corrected chi connectivity index (χ2v) is 5.89. The summed E-state index contributed by atoms with van der Waals surface area (Å²) in [5.41, 5.74) is 0. The van der Waals surface area contributed by atoms with E-state index in [9.17, 15) is 13.8 Å². The average molecular weight is 262 g/mol. The van der Waals surface area contributed by atoms with Crippen molar-refractivity contribution in [3.63, 3.8) is 0 Å². The Kier molecular flexibility index (Phi) is 4.92. The number of hydrogen-bond donors (Lipinski definition) is 3. The van der Waals surface area contributed by atoms with Crippen LogP contribution in [0.15, 0.2) is 0 Å². The first kappa shape index (κ1) is 14.0. The van der Waals surface area contributed by atoms with Gasteiger partial charge in [-0.25, -0.2) is 9.59 Å². The molecule has 3 N–H and O–H groups in total. The maximum absolute atomic E-state index is 11.5. The minimum atomic E-state index is -1.01. The number of carboxylic acids is 1. The SMILES string of the molecule is CC(CS(C)=O)NC(=O)NC(C(=O)O)C1CC1. The summed E-state index contributed by atoms with van der Waals surface area (Å²) in [5, 5.41) is 13.9. The molecule has 1 aliphatic carbocycles. The van der Waals surface area contributed by atoms with Crippen LogP contribution in [0.4, 0.5) is 4.79 Å². The van der Waals surface area contributed by atoms with Crippen molar-refractivity contribution in [1.29, 1.82) is 0 Å². The van der Waals surface area contributed by atoms with Gasteiger partial charge in [0, 0.05) is 28.9 Å². The summed E-state index contributed by atoms with van der Waals surface area (Å²) in [6.07, 6.45) is 3.23. The average Bonchev–Trinajstić information content (AvgIpc) is 2.94. The summed E-state index contributed by atoms with van der Waals surface area (Å²) in [6, 6.07) is -1.56. The van der Waals surface area contributed by atoms with Gasteiger partial charge in [-0.1, -0.05) is 0 Å². The van der Waals surface area contributed by atoms with Crippen LogP contribution in [0.5, 0.6) is 0 Å². The van der Waals surface area contributed by atoms with Crippen LogP contribution in [0.25, 0.3) is 0 Å². The molecule has 0 saturated heterocycles. The first-order valence-corrected chi connectivity index (χ1v) is 7.22. The molecular formula is C10H18N2O4S. The van der Waals surface area contributed by atoms with E-state index in [1.807, 2.05) is 0 Å². The molecule has 1 fully saturated rings. The Balaban J connectivity index is 2.36. The van der Waals surface area contributed by atoms with Gasteiger partial charge in [-0.15, -0.1) is 0 Å². The van der Waals surface area contributed by atoms with Gasteiger partial charge in [0.05, 0.1) is 0 Å². The molecule has 0 aromatic rings. The quantitative estimate of drug-likeness (QED) is 0.623. The van der Waals surface area contributed by atoms with Crippen molar-refractivity contribution >= 4 is 22.8 Å². The molecule has 2 amide bonds. The third-order valence-electron chi connectivity index (χ3n) is 2.51. The van der Waals surface area contributed by atoms with Crippen molar-refractivity contribution in [3.05, 3.63) is 0 Å². The van der Waals surface area contributed by atoms with Crippen molar-refractivity contribution in [2.24, 2.45) is 5.92 Å². The highest BCUT2D eigenvalue weighted by molar-refractivity contribution is 7.84. The summed E-state index contributed by atoms with van der Waals surface area (Å²) < 4.78 is 10.9. The fourth-order valence-corrected chi connectivity index (χ4v) is 2.40. The Morgan fingerprint density at radius 3 is 2.41 bits per heavy atom. The molecule has 3 atom stereocenters. The zero-order valence-electron chi connectivity index (χ0n) is 9.93. The molecule has 1 rings (SSSR count). The lowest BCUT2D eigenvalue weighted by molar-refractivity contribution is -0.139. The smallest absolute Gasteiger partial charge is 0.326 e. The number of rotatable bonds is 6. The Hall–Kier alpha value is -1.11. The van der Waals surface area contributed by atoms with E-state index in [0.29, 0.717) is 5.75 Å².